The van der Waals surface area contributed by atoms with Gasteiger partial charge in [-0.3, -0.25) is 9.69 Å². The Morgan fingerprint density at radius 1 is 1.20 bits per heavy atom. The van der Waals surface area contributed by atoms with E-state index in [1.165, 1.54) is 38.7 Å². The van der Waals surface area contributed by atoms with Gasteiger partial charge in [0.15, 0.2) is 6.39 Å². The average Bonchev–Trinajstić information content (AvgIpc) is 3.05. The third kappa shape index (κ3) is 5.54. The zero-order chi connectivity index (χ0) is 17.5. The molecule has 0 bridgehead atoms. The summed E-state index contributed by atoms with van der Waals surface area (Å²) >= 11 is 0. The first-order valence-corrected chi connectivity index (χ1v) is 9.84. The van der Waals surface area contributed by atoms with Gasteiger partial charge in [0, 0.05) is 19.0 Å². The summed E-state index contributed by atoms with van der Waals surface area (Å²) in [6.45, 7) is 9.09. The topological polar surface area (TPSA) is 61.6 Å². The molecule has 2 fully saturated rings. The molecule has 140 valence electrons. The lowest BCUT2D eigenvalue weighted by molar-refractivity contribution is -0.126. The molecular formula is C19H32N4O2. The van der Waals surface area contributed by atoms with E-state index in [-0.39, 0.29) is 11.8 Å². The molecule has 2 aliphatic heterocycles. The number of nitrogens with zero attached hydrogens (tertiary/aromatic N) is 3. The van der Waals surface area contributed by atoms with Gasteiger partial charge in [-0.15, -0.1) is 0 Å². The monoisotopic (exact) mass is 348 g/mol. The van der Waals surface area contributed by atoms with Crippen LogP contribution in [0.15, 0.2) is 10.8 Å². The van der Waals surface area contributed by atoms with Crippen LogP contribution in [-0.4, -0.2) is 60.0 Å². The maximum atomic E-state index is 12.4. The first kappa shape index (κ1) is 18.4. The van der Waals surface area contributed by atoms with Gasteiger partial charge in [0.25, 0.3) is 0 Å². The highest BCUT2D eigenvalue weighted by molar-refractivity contribution is 5.78. The normalized spacial score (nSPS) is 20.7. The largest absolute Gasteiger partial charge is 0.448 e. The van der Waals surface area contributed by atoms with Crippen LogP contribution in [0.5, 0.6) is 0 Å². The zero-order valence-corrected chi connectivity index (χ0v) is 15.5. The highest BCUT2D eigenvalue weighted by Gasteiger charge is 2.25. The molecule has 1 N–H and O–H groups in total. The first-order chi connectivity index (χ1) is 12.2. The number of nitrogens with one attached hydrogen (secondary N) is 1. The Hall–Kier alpha value is -1.40. The van der Waals surface area contributed by atoms with Crippen molar-refractivity contribution in [1.82, 2.24) is 20.1 Å². The molecular weight excluding hydrogens is 316 g/mol. The Morgan fingerprint density at radius 3 is 2.64 bits per heavy atom. The maximum Gasteiger partial charge on any atom is 0.223 e. The molecule has 0 radical (unpaired) electrons. The highest BCUT2D eigenvalue weighted by atomic mass is 16.3. The van der Waals surface area contributed by atoms with Crippen LogP contribution in [-0.2, 0) is 11.3 Å². The predicted molar refractivity (Wildman–Crippen MR) is 97.2 cm³/mol. The molecule has 2 aliphatic rings. The summed E-state index contributed by atoms with van der Waals surface area (Å²) in [6.07, 6.45) is 8.49. The van der Waals surface area contributed by atoms with Gasteiger partial charge in [-0.2, -0.15) is 0 Å². The van der Waals surface area contributed by atoms with Gasteiger partial charge in [0.05, 0.1) is 5.69 Å². The maximum absolute atomic E-state index is 12.4. The van der Waals surface area contributed by atoms with Crippen molar-refractivity contribution in [2.45, 2.75) is 52.0 Å². The highest BCUT2D eigenvalue weighted by Crippen LogP contribution is 2.19. The van der Waals surface area contributed by atoms with E-state index in [1.54, 1.807) is 0 Å². The quantitative estimate of drug-likeness (QED) is 0.766. The molecule has 6 heteroatoms. The average molecular weight is 348 g/mol. The smallest absolute Gasteiger partial charge is 0.223 e. The number of rotatable bonds is 7. The van der Waals surface area contributed by atoms with Crippen LogP contribution >= 0.6 is 0 Å². The second-order valence-electron chi connectivity index (χ2n) is 7.45. The van der Waals surface area contributed by atoms with E-state index in [2.05, 4.69) is 20.1 Å². The molecule has 25 heavy (non-hydrogen) atoms. The number of carbonyl (C=O) groups is 1. The summed E-state index contributed by atoms with van der Waals surface area (Å²) in [6, 6.07) is 0. The second kappa shape index (κ2) is 9.34. The van der Waals surface area contributed by atoms with Crippen molar-refractivity contribution in [3.63, 3.8) is 0 Å². The number of aromatic nitrogens is 1. The van der Waals surface area contributed by atoms with E-state index < -0.39 is 0 Å². The van der Waals surface area contributed by atoms with E-state index in [1.807, 2.05) is 6.92 Å². The summed E-state index contributed by atoms with van der Waals surface area (Å²) in [4.78, 5) is 21.5. The van der Waals surface area contributed by atoms with Crippen molar-refractivity contribution >= 4 is 5.91 Å². The Labute approximate surface area is 151 Å². The Kier molecular flexibility index (Phi) is 6.87. The van der Waals surface area contributed by atoms with Gasteiger partial charge < -0.3 is 14.6 Å². The summed E-state index contributed by atoms with van der Waals surface area (Å²) in [7, 11) is 0. The number of carbonyl (C=O) groups excluding carboxylic acids is 1. The van der Waals surface area contributed by atoms with Gasteiger partial charge in [-0.05, 0) is 71.8 Å². The van der Waals surface area contributed by atoms with Crippen LogP contribution in [0.25, 0.3) is 0 Å². The van der Waals surface area contributed by atoms with Crippen molar-refractivity contribution < 1.29 is 9.21 Å². The number of hydrogen-bond donors (Lipinski definition) is 1. The van der Waals surface area contributed by atoms with Gasteiger partial charge in [-0.25, -0.2) is 4.98 Å². The van der Waals surface area contributed by atoms with Crippen LogP contribution < -0.4 is 5.32 Å². The Balaban J connectivity index is 1.29. The molecule has 1 amide bonds. The summed E-state index contributed by atoms with van der Waals surface area (Å²) in [5.74, 6) is 1.31. The SMILES string of the molecule is Cc1ocnc1CN1CCC(C(=O)NCCCN2CCCCC2)CC1. The van der Waals surface area contributed by atoms with Crippen LogP contribution in [0.1, 0.15) is 50.0 Å². The molecule has 3 rings (SSSR count). The number of oxazole rings is 1. The fourth-order valence-corrected chi connectivity index (χ4v) is 3.89. The minimum atomic E-state index is 0.171. The summed E-state index contributed by atoms with van der Waals surface area (Å²) < 4.78 is 5.26. The minimum Gasteiger partial charge on any atom is -0.448 e. The van der Waals surface area contributed by atoms with Gasteiger partial charge in [-0.1, -0.05) is 6.42 Å². The molecule has 0 aliphatic carbocycles. The molecule has 3 heterocycles. The summed E-state index contributed by atoms with van der Waals surface area (Å²) in [5.41, 5.74) is 1.01. The van der Waals surface area contributed by atoms with Crippen LogP contribution in [0, 0.1) is 12.8 Å². The van der Waals surface area contributed by atoms with Crippen LogP contribution in [0.2, 0.25) is 0 Å². The third-order valence-electron chi connectivity index (χ3n) is 5.58. The number of likely N-dealkylation sites (tertiary alicyclic amines) is 2. The lowest BCUT2D eigenvalue weighted by Gasteiger charge is -2.31. The zero-order valence-electron chi connectivity index (χ0n) is 15.5. The lowest BCUT2D eigenvalue weighted by Crippen LogP contribution is -2.41. The van der Waals surface area contributed by atoms with E-state index in [4.69, 9.17) is 4.42 Å². The minimum absolute atomic E-state index is 0.171. The number of piperidine rings is 2. The Bertz CT molecular complexity index is 531. The van der Waals surface area contributed by atoms with Crippen LogP contribution in [0.4, 0.5) is 0 Å². The van der Waals surface area contributed by atoms with Gasteiger partial charge >= 0.3 is 0 Å². The third-order valence-corrected chi connectivity index (χ3v) is 5.58. The van der Waals surface area contributed by atoms with Crippen molar-refractivity contribution in [3.8, 4) is 0 Å². The van der Waals surface area contributed by atoms with E-state index in [0.29, 0.717) is 0 Å². The van der Waals surface area contributed by atoms with Gasteiger partial charge in [0.2, 0.25) is 5.91 Å². The standard InChI is InChI=1S/C19H32N4O2/c1-16-18(21-15-25-16)14-23-12-6-17(7-13-23)19(24)20-8-5-11-22-9-3-2-4-10-22/h15,17H,2-14H2,1H3,(H,20,24). The first-order valence-electron chi connectivity index (χ1n) is 9.84. The van der Waals surface area contributed by atoms with E-state index in [9.17, 15) is 4.79 Å². The fourth-order valence-electron chi connectivity index (χ4n) is 3.89. The predicted octanol–water partition coefficient (Wildman–Crippen LogP) is 2.19. The molecule has 6 nitrogen and oxygen atoms in total. The molecule has 1 aromatic heterocycles. The molecule has 1 aromatic rings. The van der Waals surface area contributed by atoms with Crippen LogP contribution in [0.3, 0.4) is 0 Å². The molecule has 2 saturated heterocycles. The van der Waals surface area contributed by atoms with Gasteiger partial charge in [0.1, 0.15) is 5.76 Å². The molecule has 0 spiro atoms. The molecule has 0 saturated carbocycles. The second-order valence-corrected chi connectivity index (χ2v) is 7.45. The van der Waals surface area contributed by atoms with Crippen molar-refractivity contribution in [3.05, 3.63) is 17.8 Å². The number of hydrogen-bond acceptors (Lipinski definition) is 5. The van der Waals surface area contributed by atoms with Crippen molar-refractivity contribution in [2.24, 2.45) is 5.92 Å². The number of aryl methyl sites for hydroxylation is 1. The summed E-state index contributed by atoms with van der Waals surface area (Å²) in [5, 5.41) is 3.15. The molecule has 0 atom stereocenters. The van der Waals surface area contributed by atoms with E-state index in [0.717, 1.165) is 63.4 Å². The molecule has 0 aromatic carbocycles. The Morgan fingerprint density at radius 2 is 1.96 bits per heavy atom. The van der Waals surface area contributed by atoms with E-state index >= 15 is 0 Å². The fraction of sp³-hybridized carbons (Fsp3) is 0.789. The lowest BCUT2D eigenvalue weighted by atomic mass is 9.95. The van der Waals surface area contributed by atoms with Crippen molar-refractivity contribution in [2.75, 3.05) is 39.3 Å². The molecule has 0 unspecified atom stereocenters. The number of amides is 1. The van der Waals surface area contributed by atoms with Crippen molar-refractivity contribution in [1.29, 1.82) is 0 Å².